The monoisotopic (exact) mass is 470 g/mol. The summed E-state index contributed by atoms with van der Waals surface area (Å²) in [6.45, 7) is 3.39. The number of amides is 1. The number of hydrogen-bond donors (Lipinski definition) is 1. The molecule has 0 bridgehead atoms. The van der Waals surface area contributed by atoms with Crippen molar-refractivity contribution >= 4 is 11.6 Å². The van der Waals surface area contributed by atoms with Crippen molar-refractivity contribution in [3.8, 4) is 5.75 Å². The van der Waals surface area contributed by atoms with E-state index in [2.05, 4.69) is 41.3 Å². The molecular weight excluding hydrogens is 436 g/mol. The molecule has 35 heavy (non-hydrogen) atoms. The second-order valence-electron chi connectivity index (χ2n) is 9.71. The second-order valence-corrected chi connectivity index (χ2v) is 9.71. The van der Waals surface area contributed by atoms with Gasteiger partial charge in [0, 0.05) is 19.0 Å². The van der Waals surface area contributed by atoms with Gasteiger partial charge in [0.25, 0.3) is 0 Å². The number of likely N-dealkylation sites (tertiary alicyclic amines) is 1. The van der Waals surface area contributed by atoms with Gasteiger partial charge in [-0.2, -0.15) is 0 Å². The first-order valence-electron chi connectivity index (χ1n) is 12.7. The Kier molecular flexibility index (Phi) is 7.45. The van der Waals surface area contributed by atoms with Gasteiger partial charge in [-0.25, -0.2) is 0 Å². The zero-order valence-corrected chi connectivity index (χ0v) is 20.2. The van der Waals surface area contributed by atoms with Crippen molar-refractivity contribution in [2.24, 2.45) is 0 Å². The maximum Gasteiger partial charge on any atom is 0.227 e. The first kappa shape index (κ1) is 23.6. The molecule has 1 saturated heterocycles. The molecule has 5 heteroatoms. The lowest BCUT2D eigenvalue weighted by molar-refractivity contribution is -0.119. The van der Waals surface area contributed by atoms with Crippen LogP contribution in [0.15, 0.2) is 78.9 Å². The van der Waals surface area contributed by atoms with Crippen LogP contribution in [0.25, 0.3) is 0 Å². The Balaban J connectivity index is 1.15. The van der Waals surface area contributed by atoms with Crippen LogP contribution in [-0.2, 0) is 17.8 Å². The third-order valence-electron chi connectivity index (χ3n) is 7.21. The lowest BCUT2D eigenvalue weighted by Gasteiger charge is -2.33. The van der Waals surface area contributed by atoms with Crippen LogP contribution in [0, 0.1) is 0 Å². The van der Waals surface area contributed by atoms with Gasteiger partial charge < -0.3 is 19.6 Å². The van der Waals surface area contributed by atoms with Crippen molar-refractivity contribution in [3.63, 3.8) is 0 Å². The summed E-state index contributed by atoms with van der Waals surface area (Å²) in [7, 11) is 0. The standard InChI is InChI=1S/C30H34N2O3/c33-27(21-31-17-15-25(16-18-31)24-9-5-2-6-10-24)22-35-28-13-11-26-12-14-30(34)32(29(26)19-28)20-23-7-3-1-4-8-23/h1-11,13,19,25,27,33H,12,14-18,20-22H2. The van der Waals surface area contributed by atoms with E-state index in [1.165, 1.54) is 5.56 Å². The van der Waals surface area contributed by atoms with E-state index < -0.39 is 6.10 Å². The predicted octanol–water partition coefficient (Wildman–Crippen LogP) is 4.79. The summed E-state index contributed by atoms with van der Waals surface area (Å²) < 4.78 is 5.99. The summed E-state index contributed by atoms with van der Waals surface area (Å²) in [4.78, 5) is 16.9. The Morgan fingerprint density at radius 3 is 2.37 bits per heavy atom. The number of fused-ring (bicyclic) bond motifs is 1. The highest BCUT2D eigenvalue weighted by Gasteiger charge is 2.25. The lowest BCUT2D eigenvalue weighted by Crippen LogP contribution is -2.40. The number of rotatable bonds is 8. The van der Waals surface area contributed by atoms with Gasteiger partial charge in [0.05, 0.1) is 12.2 Å². The average Bonchev–Trinajstić information content (AvgIpc) is 2.91. The van der Waals surface area contributed by atoms with Crippen molar-refractivity contribution in [2.75, 3.05) is 31.1 Å². The molecule has 5 rings (SSSR count). The summed E-state index contributed by atoms with van der Waals surface area (Å²) in [6, 6.07) is 26.7. The molecule has 0 aliphatic carbocycles. The van der Waals surface area contributed by atoms with Crippen LogP contribution >= 0.6 is 0 Å². The van der Waals surface area contributed by atoms with Gasteiger partial charge in [0.15, 0.2) is 0 Å². The molecule has 1 atom stereocenters. The van der Waals surface area contributed by atoms with Gasteiger partial charge in [-0.1, -0.05) is 66.7 Å². The van der Waals surface area contributed by atoms with E-state index in [0.29, 0.717) is 31.2 Å². The fourth-order valence-electron chi connectivity index (χ4n) is 5.26. The van der Waals surface area contributed by atoms with Crippen LogP contribution in [0.1, 0.15) is 41.9 Å². The van der Waals surface area contributed by atoms with E-state index in [-0.39, 0.29) is 12.5 Å². The van der Waals surface area contributed by atoms with Gasteiger partial charge in [-0.05, 0) is 61.0 Å². The molecule has 0 aromatic heterocycles. The highest BCUT2D eigenvalue weighted by atomic mass is 16.5. The van der Waals surface area contributed by atoms with Crippen LogP contribution in [-0.4, -0.2) is 48.3 Å². The summed E-state index contributed by atoms with van der Waals surface area (Å²) in [5, 5.41) is 10.6. The molecule has 1 amide bonds. The minimum absolute atomic E-state index is 0.137. The molecule has 2 aliphatic rings. The van der Waals surface area contributed by atoms with Crippen molar-refractivity contribution in [1.82, 2.24) is 4.90 Å². The zero-order chi connectivity index (χ0) is 24.0. The molecule has 182 valence electrons. The lowest BCUT2D eigenvalue weighted by atomic mass is 9.89. The fourth-order valence-corrected chi connectivity index (χ4v) is 5.26. The van der Waals surface area contributed by atoms with Crippen LogP contribution in [0.4, 0.5) is 5.69 Å². The zero-order valence-electron chi connectivity index (χ0n) is 20.2. The number of nitrogens with zero attached hydrogens (tertiary/aromatic N) is 2. The molecule has 1 fully saturated rings. The third kappa shape index (κ3) is 5.92. The van der Waals surface area contributed by atoms with E-state index in [0.717, 1.165) is 49.2 Å². The number of aryl methyl sites for hydroxylation is 1. The second kappa shape index (κ2) is 11.1. The highest BCUT2D eigenvalue weighted by molar-refractivity contribution is 5.96. The minimum Gasteiger partial charge on any atom is -0.491 e. The molecule has 1 unspecified atom stereocenters. The minimum atomic E-state index is -0.554. The molecule has 3 aromatic rings. The molecule has 3 aromatic carbocycles. The number of carbonyl (C=O) groups excluding carboxylic acids is 1. The van der Waals surface area contributed by atoms with Crippen molar-refractivity contribution in [3.05, 3.63) is 95.6 Å². The first-order valence-corrected chi connectivity index (χ1v) is 12.7. The first-order chi connectivity index (χ1) is 17.2. The number of ether oxygens (including phenoxy) is 1. The van der Waals surface area contributed by atoms with Gasteiger partial charge in [-0.3, -0.25) is 4.79 Å². The molecular formula is C30H34N2O3. The largest absolute Gasteiger partial charge is 0.491 e. The Labute approximate surface area is 208 Å². The molecule has 1 N–H and O–H groups in total. The average molecular weight is 471 g/mol. The van der Waals surface area contributed by atoms with Crippen LogP contribution in [0.3, 0.4) is 0 Å². The van der Waals surface area contributed by atoms with Gasteiger partial charge >= 0.3 is 0 Å². The fraction of sp³-hybridized carbons (Fsp3) is 0.367. The summed E-state index contributed by atoms with van der Waals surface area (Å²) in [5.74, 6) is 1.44. The topological polar surface area (TPSA) is 53.0 Å². The summed E-state index contributed by atoms with van der Waals surface area (Å²) >= 11 is 0. The van der Waals surface area contributed by atoms with Crippen LogP contribution < -0.4 is 9.64 Å². The maximum absolute atomic E-state index is 12.7. The Morgan fingerprint density at radius 1 is 0.914 bits per heavy atom. The number of hydrogen-bond acceptors (Lipinski definition) is 4. The molecule has 2 heterocycles. The van der Waals surface area contributed by atoms with Gasteiger partial charge in [0.2, 0.25) is 5.91 Å². The van der Waals surface area contributed by atoms with Gasteiger partial charge in [-0.15, -0.1) is 0 Å². The maximum atomic E-state index is 12.7. The van der Waals surface area contributed by atoms with E-state index in [4.69, 9.17) is 4.74 Å². The van der Waals surface area contributed by atoms with Crippen molar-refractivity contribution in [2.45, 2.75) is 44.2 Å². The van der Waals surface area contributed by atoms with E-state index in [1.54, 1.807) is 0 Å². The Hall–Kier alpha value is -3.15. The Bertz CT molecular complexity index is 1110. The molecule has 2 aliphatic heterocycles. The number of aliphatic hydroxyl groups excluding tert-OH is 1. The third-order valence-corrected chi connectivity index (χ3v) is 7.21. The number of anilines is 1. The Morgan fingerprint density at radius 2 is 1.63 bits per heavy atom. The molecule has 0 radical (unpaired) electrons. The predicted molar refractivity (Wildman–Crippen MR) is 139 cm³/mol. The number of carbonyl (C=O) groups is 1. The number of aliphatic hydroxyl groups is 1. The molecule has 0 spiro atoms. The summed E-state index contributed by atoms with van der Waals surface area (Å²) in [6.07, 6.45) is 2.96. The van der Waals surface area contributed by atoms with Crippen LogP contribution in [0.5, 0.6) is 5.75 Å². The van der Waals surface area contributed by atoms with Crippen LogP contribution in [0.2, 0.25) is 0 Å². The number of β-amino-alcohol motifs (C(OH)–C–C–N with tert-alkyl or cyclic N) is 1. The smallest absolute Gasteiger partial charge is 0.227 e. The van der Waals surface area contributed by atoms with E-state index in [1.807, 2.05) is 47.4 Å². The quantitative estimate of drug-likeness (QED) is 0.515. The number of benzene rings is 3. The van der Waals surface area contributed by atoms with E-state index in [9.17, 15) is 9.90 Å². The van der Waals surface area contributed by atoms with Crippen molar-refractivity contribution in [1.29, 1.82) is 0 Å². The SMILES string of the molecule is O=C1CCc2ccc(OCC(O)CN3CCC(c4ccccc4)CC3)cc2N1Cc1ccccc1. The van der Waals surface area contributed by atoms with Gasteiger partial charge in [0.1, 0.15) is 18.5 Å². The summed E-state index contributed by atoms with van der Waals surface area (Å²) in [5.41, 5.74) is 4.60. The number of piperidine rings is 1. The molecule has 0 saturated carbocycles. The normalized spacial score (nSPS) is 17.7. The highest BCUT2D eigenvalue weighted by Crippen LogP contribution is 2.33. The van der Waals surface area contributed by atoms with E-state index >= 15 is 0 Å². The molecule has 5 nitrogen and oxygen atoms in total. The van der Waals surface area contributed by atoms with Crippen molar-refractivity contribution < 1.29 is 14.6 Å².